The summed E-state index contributed by atoms with van der Waals surface area (Å²) >= 11 is 3.33. The van der Waals surface area contributed by atoms with Crippen molar-refractivity contribution in [2.45, 2.75) is 33.2 Å². The van der Waals surface area contributed by atoms with Gasteiger partial charge >= 0.3 is 0 Å². The Morgan fingerprint density at radius 2 is 2.17 bits per heavy atom. The van der Waals surface area contributed by atoms with E-state index in [2.05, 4.69) is 52.0 Å². The van der Waals surface area contributed by atoms with Crippen molar-refractivity contribution >= 4 is 21.9 Å². The van der Waals surface area contributed by atoms with Gasteiger partial charge in [-0.3, -0.25) is 0 Å². The molecule has 1 heterocycles. The molecule has 1 aromatic heterocycles. The molecule has 18 heavy (non-hydrogen) atoms. The van der Waals surface area contributed by atoms with Crippen molar-refractivity contribution in [3.8, 4) is 5.88 Å². The van der Waals surface area contributed by atoms with E-state index in [1.807, 2.05) is 0 Å². The molecule has 0 bridgehead atoms. The molecule has 0 fully saturated rings. The summed E-state index contributed by atoms with van der Waals surface area (Å²) < 4.78 is 5.89. The van der Waals surface area contributed by atoms with Crippen LogP contribution in [0.1, 0.15) is 27.2 Å². The number of ether oxygens (including phenoxy) is 1. The van der Waals surface area contributed by atoms with Gasteiger partial charge in [-0.1, -0.05) is 20.8 Å². The molecule has 102 valence electrons. The lowest BCUT2D eigenvalue weighted by Gasteiger charge is -2.31. The van der Waals surface area contributed by atoms with E-state index >= 15 is 0 Å². The fraction of sp³-hybridized carbons (Fsp3) is 0.667. The number of nitrogens with one attached hydrogen (secondary N) is 1. The molecule has 0 spiro atoms. The predicted molar refractivity (Wildman–Crippen MR) is 76.8 cm³/mol. The molecular formula is C12H21BrN4O. The van der Waals surface area contributed by atoms with Crippen LogP contribution < -0.4 is 15.8 Å². The van der Waals surface area contributed by atoms with Crippen LogP contribution in [0.3, 0.4) is 0 Å². The molecule has 6 heteroatoms. The van der Waals surface area contributed by atoms with Gasteiger partial charge < -0.3 is 15.8 Å². The highest BCUT2D eigenvalue weighted by atomic mass is 79.9. The molecule has 0 saturated carbocycles. The van der Waals surface area contributed by atoms with E-state index in [1.54, 1.807) is 13.3 Å². The number of nitrogens with two attached hydrogens (primary N) is 1. The first-order valence-corrected chi connectivity index (χ1v) is 6.71. The Kier molecular flexibility index (Phi) is 5.34. The SMILES string of the molecule is COc1nc(NC(CCN)C(C)(C)C)ncc1Br. The van der Waals surface area contributed by atoms with E-state index in [4.69, 9.17) is 10.5 Å². The Bertz CT molecular complexity index is 392. The molecule has 0 saturated heterocycles. The van der Waals surface area contributed by atoms with Crippen molar-refractivity contribution in [1.82, 2.24) is 9.97 Å². The minimum absolute atomic E-state index is 0.0863. The van der Waals surface area contributed by atoms with Gasteiger partial charge in [0.2, 0.25) is 11.8 Å². The highest BCUT2D eigenvalue weighted by molar-refractivity contribution is 9.10. The average Bonchev–Trinajstić information content (AvgIpc) is 2.29. The summed E-state index contributed by atoms with van der Waals surface area (Å²) in [6.07, 6.45) is 2.54. The third-order valence-electron chi connectivity index (χ3n) is 2.71. The van der Waals surface area contributed by atoms with Gasteiger partial charge in [-0.05, 0) is 34.3 Å². The topological polar surface area (TPSA) is 73.1 Å². The molecule has 0 aliphatic heterocycles. The number of aromatic nitrogens is 2. The Morgan fingerprint density at radius 1 is 1.50 bits per heavy atom. The monoisotopic (exact) mass is 316 g/mol. The van der Waals surface area contributed by atoms with Crippen LogP contribution in [-0.4, -0.2) is 29.7 Å². The van der Waals surface area contributed by atoms with E-state index in [0.717, 1.165) is 10.9 Å². The Morgan fingerprint density at radius 3 is 2.67 bits per heavy atom. The summed E-state index contributed by atoms with van der Waals surface area (Å²) in [7, 11) is 1.58. The van der Waals surface area contributed by atoms with E-state index in [-0.39, 0.29) is 11.5 Å². The molecule has 0 radical (unpaired) electrons. The number of methoxy groups -OCH3 is 1. The van der Waals surface area contributed by atoms with Crippen molar-refractivity contribution in [1.29, 1.82) is 0 Å². The van der Waals surface area contributed by atoms with Crippen LogP contribution in [0.5, 0.6) is 5.88 Å². The fourth-order valence-corrected chi connectivity index (χ4v) is 1.96. The van der Waals surface area contributed by atoms with Crippen LogP contribution in [0.25, 0.3) is 0 Å². The number of anilines is 1. The molecule has 0 aliphatic rings. The third-order valence-corrected chi connectivity index (χ3v) is 3.25. The first-order valence-electron chi connectivity index (χ1n) is 5.91. The molecular weight excluding hydrogens is 296 g/mol. The number of rotatable bonds is 5. The maximum Gasteiger partial charge on any atom is 0.232 e. The number of halogens is 1. The lowest BCUT2D eigenvalue weighted by Crippen LogP contribution is -2.36. The molecule has 1 unspecified atom stereocenters. The molecule has 0 aromatic carbocycles. The van der Waals surface area contributed by atoms with Gasteiger partial charge in [0.15, 0.2) is 0 Å². The van der Waals surface area contributed by atoms with Gasteiger partial charge in [0, 0.05) is 6.04 Å². The quantitative estimate of drug-likeness (QED) is 0.872. The Hall–Kier alpha value is -0.880. The molecule has 3 N–H and O–H groups in total. The first-order chi connectivity index (χ1) is 8.38. The van der Waals surface area contributed by atoms with Gasteiger partial charge in [0.1, 0.15) is 0 Å². The van der Waals surface area contributed by atoms with Crippen molar-refractivity contribution in [2.75, 3.05) is 19.0 Å². The first kappa shape index (κ1) is 15.2. The minimum Gasteiger partial charge on any atom is -0.480 e. The van der Waals surface area contributed by atoms with E-state index in [1.165, 1.54) is 0 Å². The smallest absolute Gasteiger partial charge is 0.232 e. The highest BCUT2D eigenvalue weighted by Gasteiger charge is 2.24. The Labute approximate surface area is 117 Å². The number of nitrogens with zero attached hydrogens (tertiary/aromatic N) is 2. The molecule has 0 aliphatic carbocycles. The summed E-state index contributed by atoms with van der Waals surface area (Å²) in [5, 5.41) is 3.32. The summed E-state index contributed by atoms with van der Waals surface area (Å²) in [5.41, 5.74) is 5.73. The van der Waals surface area contributed by atoms with Crippen molar-refractivity contribution in [3.63, 3.8) is 0 Å². The van der Waals surface area contributed by atoms with Crippen LogP contribution in [-0.2, 0) is 0 Å². The molecule has 0 amide bonds. The average molecular weight is 317 g/mol. The zero-order valence-corrected chi connectivity index (χ0v) is 12.9. The van der Waals surface area contributed by atoms with Gasteiger partial charge in [-0.2, -0.15) is 4.98 Å². The number of hydrogen-bond donors (Lipinski definition) is 2. The summed E-state index contributed by atoms with van der Waals surface area (Å²) in [4.78, 5) is 8.53. The van der Waals surface area contributed by atoms with Crippen LogP contribution in [0.2, 0.25) is 0 Å². The third kappa shape index (κ3) is 4.10. The zero-order chi connectivity index (χ0) is 13.8. The standard InChI is InChI=1S/C12H21BrN4O/c1-12(2,3)9(5-6-14)16-11-15-7-8(13)10(17-11)18-4/h7,9H,5-6,14H2,1-4H3,(H,15,16,17). The summed E-state index contributed by atoms with van der Waals surface area (Å²) in [6.45, 7) is 7.12. The summed E-state index contributed by atoms with van der Waals surface area (Å²) in [5.74, 6) is 1.08. The van der Waals surface area contributed by atoms with Gasteiger partial charge in [-0.15, -0.1) is 0 Å². The zero-order valence-electron chi connectivity index (χ0n) is 11.3. The normalized spacial score (nSPS) is 13.2. The van der Waals surface area contributed by atoms with Crippen molar-refractivity contribution in [3.05, 3.63) is 10.7 Å². The van der Waals surface area contributed by atoms with Gasteiger partial charge in [0.05, 0.1) is 17.8 Å². The predicted octanol–water partition coefficient (Wildman–Crippen LogP) is 2.42. The maximum absolute atomic E-state index is 5.65. The van der Waals surface area contributed by atoms with Gasteiger partial charge in [0.25, 0.3) is 0 Å². The van der Waals surface area contributed by atoms with Crippen LogP contribution in [0.4, 0.5) is 5.95 Å². The van der Waals surface area contributed by atoms with E-state index in [0.29, 0.717) is 18.4 Å². The lowest BCUT2D eigenvalue weighted by molar-refractivity contribution is 0.326. The second-order valence-corrected chi connectivity index (χ2v) is 6.05. The second-order valence-electron chi connectivity index (χ2n) is 5.19. The largest absolute Gasteiger partial charge is 0.480 e. The van der Waals surface area contributed by atoms with Crippen molar-refractivity contribution in [2.24, 2.45) is 11.1 Å². The minimum atomic E-state index is 0.0863. The molecule has 1 aromatic rings. The van der Waals surface area contributed by atoms with Crippen LogP contribution >= 0.6 is 15.9 Å². The van der Waals surface area contributed by atoms with Crippen molar-refractivity contribution < 1.29 is 4.74 Å². The molecule has 1 atom stereocenters. The Balaban J connectivity index is 2.87. The van der Waals surface area contributed by atoms with E-state index < -0.39 is 0 Å². The number of hydrogen-bond acceptors (Lipinski definition) is 5. The van der Waals surface area contributed by atoms with Gasteiger partial charge in [-0.25, -0.2) is 4.98 Å². The summed E-state index contributed by atoms with van der Waals surface area (Å²) in [6, 6.07) is 0.216. The molecule has 5 nitrogen and oxygen atoms in total. The maximum atomic E-state index is 5.65. The molecule has 1 rings (SSSR count). The van der Waals surface area contributed by atoms with Crippen LogP contribution in [0.15, 0.2) is 10.7 Å². The van der Waals surface area contributed by atoms with Crippen LogP contribution in [0, 0.1) is 5.41 Å². The second kappa shape index (κ2) is 6.33. The fourth-order valence-electron chi connectivity index (χ4n) is 1.61. The lowest BCUT2D eigenvalue weighted by atomic mass is 9.85. The van der Waals surface area contributed by atoms with E-state index in [9.17, 15) is 0 Å². The highest BCUT2D eigenvalue weighted by Crippen LogP contribution is 2.26.